The first-order chi connectivity index (χ1) is 10.8. The first-order valence-corrected chi connectivity index (χ1v) is 8.08. The summed E-state index contributed by atoms with van der Waals surface area (Å²) in [6.07, 6.45) is 4.33. The molecule has 4 N–H and O–H groups in total. The van der Waals surface area contributed by atoms with Crippen LogP contribution in [0.15, 0.2) is 41.7 Å². The van der Waals surface area contributed by atoms with Crippen LogP contribution in [0.1, 0.15) is 32.8 Å². The summed E-state index contributed by atoms with van der Waals surface area (Å²) in [5.74, 6) is 0.531. The maximum Gasteiger partial charge on any atom is 0.157 e. The predicted molar refractivity (Wildman–Crippen MR) is 90.4 cm³/mol. The topological polar surface area (TPSA) is 80.9 Å². The van der Waals surface area contributed by atoms with Gasteiger partial charge in [-0.2, -0.15) is 0 Å². The van der Waals surface area contributed by atoms with E-state index in [1.807, 2.05) is 19.1 Å². The van der Waals surface area contributed by atoms with Gasteiger partial charge in [0.15, 0.2) is 11.5 Å². The molecule has 0 fully saturated rings. The minimum atomic E-state index is -0.813. The molecule has 0 unspecified atom stereocenters. The fourth-order valence-electron chi connectivity index (χ4n) is 3.00. The minimum absolute atomic E-state index is 0.0292. The van der Waals surface area contributed by atoms with E-state index >= 15 is 0 Å². The molecule has 1 aliphatic carbocycles. The fraction of sp³-hybridized carbons (Fsp3) is 0.474. The molecule has 4 atom stereocenters. The molecule has 0 amide bonds. The Kier molecular flexibility index (Phi) is 5.37. The van der Waals surface area contributed by atoms with Gasteiger partial charge in [0, 0.05) is 5.92 Å². The predicted octanol–water partition coefficient (Wildman–Crippen LogP) is 3.68. The van der Waals surface area contributed by atoms with Gasteiger partial charge in [-0.3, -0.25) is 0 Å². The second-order valence-corrected chi connectivity index (χ2v) is 6.75. The summed E-state index contributed by atoms with van der Waals surface area (Å²) in [7, 11) is 0. The Bertz CT molecular complexity index is 618. The summed E-state index contributed by atoms with van der Waals surface area (Å²) in [5, 5.41) is 38.5. The Morgan fingerprint density at radius 2 is 1.61 bits per heavy atom. The lowest BCUT2D eigenvalue weighted by Crippen LogP contribution is -2.26. The molecule has 1 aliphatic rings. The van der Waals surface area contributed by atoms with Crippen molar-refractivity contribution in [2.45, 2.75) is 39.7 Å². The van der Waals surface area contributed by atoms with Crippen molar-refractivity contribution in [1.82, 2.24) is 0 Å². The first-order valence-electron chi connectivity index (χ1n) is 8.08. The van der Waals surface area contributed by atoms with E-state index in [0.29, 0.717) is 11.8 Å². The van der Waals surface area contributed by atoms with Crippen molar-refractivity contribution < 1.29 is 20.4 Å². The van der Waals surface area contributed by atoms with Crippen LogP contribution in [-0.2, 0) is 6.42 Å². The van der Waals surface area contributed by atoms with Gasteiger partial charge in [-0.25, -0.2) is 0 Å². The van der Waals surface area contributed by atoms with E-state index in [1.165, 1.54) is 6.07 Å². The van der Waals surface area contributed by atoms with Crippen LogP contribution >= 0.6 is 0 Å². The third kappa shape index (κ3) is 4.08. The van der Waals surface area contributed by atoms with Gasteiger partial charge in [0.1, 0.15) is 11.9 Å². The van der Waals surface area contributed by atoms with Gasteiger partial charge in [-0.1, -0.05) is 38.5 Å². The molecule has 23 heavy (non-hydrogen) atoms. The van der Waals surface area contributed by atoms with E-state index in [0.717, 1.165) is 24.0 Å². The van der Waals surface area contributed by atoms with Crippen LogP contribution in [0.25, 0.3) is 0 Å². The van der Waals surface area contributed by atoms with Crippen molar-refractivity contribution >= 4 is 0 Å². The van der Waals surface area contributed by atoms with E-state index in [2.05, 4.69) is 13.8 Å². The maximum absolute atomic E-state index is 9.95. The molecule has 0 heterocycles. The van der Waals surface area contributed by atoms with E-state index in [-0.39, 0.29) is 23.2 Å². The minimum Gasteiger partial charge on any atom is -0.510 e. The van der Waals surface area contributed by atoms with Gasteiger partial charge in [0.2, 0.25) is 0 Å². The van der Waals surface area contributed by atoms with Crippen LogP contribution in [0.5, 0.6) is 11.5 Å². The Morgan fingerprint density at radius 3 is 2.26 bits per heavy atom. The smallest absolute Gasteiger partial charge is 0.157 e. The second kappa shape index (κ2) is 7.09. The van der Waals surface area contributed by atoms with E-state index in [9.17, 15) is 20.4 Å². The molecular weight excluding hydrogens is 292 g/mol. The van der Waals surface area contributed by atoms with Crippen molar-refractivity contribution in [3.05, 3.63) is 47.2 Å². The molecule has 0 saturated heterocycles. The van der Waals surface area contributed by atoms with Gasteiger partial charge in [0.05, 0.1) is 0 Å². The normalized spacial score (nSPS) is 23.8. The molecule has 0 spiro atoms. The van der Waals surface area contributed by atoms with Gasteiger partial charge >= 0.3 is 0 Å². The molecule has 0 aliphatic heterocycles. The lowest BCUT2D eigenvalue weighted by Gasteiger charge is -2.28. The maximum atomic E-state index is 9.95. The summed E-state index contributed by atoms with van der Waals surface area (Å²) in [6, 6.07) is 4.94. The molecule has 0 saturated carbocycles. The number of aliphatic hydroxyl groups is 2. The molecule has 1 aromatic carbocycles. The Morgan fingerprint density at radius 1 is 0.957 bits per heavy atom. The molecular formula is C19H26O4. The van der Waals surface area contributed by atoms with Gasteiger partial charge < -0.3 is 20.4 Å². The van der Waals surface area contributed by atoms with Crippen LogP contribution in [0.2, 0.25) is 0 Å². The first kappa shape index (κ1) is 17.4. The number of benzene rings is 1. The number of rotatable bonds is 5. The fourth-order valence-corrected chi connectivity index (χ4v) is 3.00. The highest BCUT2D eigenvalue weighted by Crippen LogP contribution is 2.33. The lowest BCUT2D eigenvalue weighted by molar-refractivity contribution is 0.112. The SMILES string of the molecule is C[C@H](CC1=CC=C(O)[C@@H](O)[C@@H]1C)[C@@H](C)Cc1ccc(O)c(O)c1. The number of allylic oxidation sites excluding steroid dienone is 2. The van der Waals surface area contributed by atoms with Gasteiger partial charge in [-0.15, -0.1) is 0 Å². The van der Waals surface area contributed by atoms with Gasteiger partial charge in [0.25, 0.3) is 0 Å². The van der Waals surface area contributed by atoms with Crippen molar-refractivity contribution in [3.8, 4) is 11.5 Å². The Labute approximate surface area is 137 Å². The quantitative estimate of drug-likeness (QED) is 0.624. The summed E-state index contributed by atoms with van der Waals surface area (Å²) >= 11 is 0. The molecule has 4 heteroatoms. The lowest BCUT2D eigenvalue weighted by atomic mass is 9.79. The number of phenolic OH excluding ortho intramolecular Hbond substituents is 2. The summed E-state index contributed by atoms with van der Waals surface area (Å²) in [4.78, 5) is 0. The molecule has 4 nitrogen and oxygen atoms in total. The number of phenols is 2. The number of aromatic hydroxyl groups is 2. The Hall–Kier alpha value is -1.94. The average molecular weight is 318 g/mol. The van der Waals surface area contributed by atoms with Crippen molar-refractivity contribution in [3.63, 3.8) is 0 Å². The largest absolute Gasteiger partial charge is 0.510 e. The van der Waals surface area contributed by atoms with Crippen LogP contribution in [0, 0.1) is 17.8 Å². The zero-order valence-electron chi connectivity index (χ0n) is 13.9. The molecule has 0 bridgehead atoms. The van der Waals surface area contributed by atoms with Crippen LogP contribution in [0.3, 0.4) is 0 Å². The average Bonchev–Trinajstić information content (AvgIpc) is 2.51. The zero-order valence-corrected chi connectivity index (χ0v) is 13.9. The van der Waals surface area contributed by atoms with Crippen molar-refractivity contribution in [2.24, 2.45) is 17.8 Å². The molecule has 2 rings (SSSR count). The van der Waals surface area contributed by atoms with E-state index < -0.39 is 6.10 Å². The van der Waals surface area contributed by atoms with Crippen molar-refractivity contribution in [2.75, 3.05) is 0 Å². The summed E-state index contributed by atoms with van der Waals surface area (Å²) in [5.41, 5.74) is 2.13. The van der Waals surface area contributed by atoms with E-state index in [4.69, 9.17) is 0 Å². The molecule has 0 radical (unpaired) electrons. The van der Waals surface area contributed by atoms with E-state index in [1.54, 1.807) is 12.1 Å². The molecule has 1 aromatic rings. The summed E-state index contributed by atoms with van der Waals surface area (Å²) in [6.45, 7) is 6.25. The molecule has 0 aromatic heterocycles. The number of hydrogen-bond donors (Lipinski definition) is 4. The van der Waals surface area contributed by atoms with Gasteiger partial charge in [-0.05, 0) is 48.4 Å². The second-order valence-electron chi connectivity index (χ2n) is 6.75. The summed E-state index contributed by atoms with van der Waals surface area (Å²) < 4.78 is 0. The van der Waals surface area contributed by atoms with Crippen LogP contribution in [-0.4, -0.2) is 26.5 Å². The van der Waals surface area contributed by atoms with Crippen LogP contribution in [0.4, 0.5) is 0 Å². The zero-order chi connectivity index (χ0) is 17.1. The number of hydrogen-bond acceptors (Lipinski definition) is 4. The highest BCUT2D eigenvalue weighted by atomic mass is 16.3. The highest BCUT2D eigenvalue weighted by Gasteiger charge is 2.26. The third-order valence-corrected chi connectivity index (χ3v) is 4.96. The van der Waals surface area contributed by atoms with Crippen molar-refractivity contribution in [1.29, 1.82) is 0 Å². The highest BCUT2D eigenvalue weighted by molar-refractivity contribution is 5.40. The molecule has 126 valence electrons. The number of aliphatic hydroxyl groups excluding tert-OH is 2. The Balaban J connectivity index is 2.00. The van der Waals surface area contributed by atoms with Crippen LogP contribution < -0.4 is 0 Å². The standard InChI is InChI=1S/C19H26O4/c1-11(8-14-4-6-16(20)18(22)10-14)12(2)9-15-5-7-17(21)19(23)13(15)3/h4-7,10-13,19-23H,8-9H2,1-3H3/t11-,12+,13+,19-/m0/s1. The third-order valence-electron chi connectivity index (χ3n) is 4.96. The monoisotopic (exact) mass is 318 g/mol.